The molecular formula is C18H15F3N2O2. The third-order valence-corrected chi connectivity index (χ3v) is 4.04. The maximum Gasteiger partial charge on any atom is 0.438 e. The SMILES string of the molecule is Cc1ccc(C2=NN(C(=O)c3ccccc3)[C@@](O)(C(F)(F)F)C2)cc1. The molecule has 0 saturated carbocycles. The number of carbonyl (C=O) groups is 1. The van der Waals surface area contributed by atoms with Gasteiger partial charge in [0.2, 0.25) is 0 Å². The molecule has 1 amide bonds. The molecule has 0 aliphatic carbocycles. The van der Waals surface area contributed by atoms with Crippen LogP contribution in [0.2, 0.25) is 0 Å². The average molecular weight is 348 g/mol. The Kier molecular flexibility index (Phi) is 4.12. The molecule has 0 bridgehead atoms. The maximum absolute atomic E-state index is 13.5. The average Bonchev–Trinajstić information content (AvgIpc) is 2.94. The number of amides is 1. The van der Waals surface area contributed by atoms with Crippen molar-refractivity contribution in [3.05, 3.63) is 71.3 Å². The minimum absolute atomic E-state index is 0.00380. The molecule has 0 radical (unpaired) electrons. The minimum Gasteiger partial charge on any atom is -0.362 e. The Morgan fingerprint density at radius 2 is 1.72 bits per heavy atom. The Hall–Kier alpha value is -2.67. The van der Waals surface area contributed by atoms with Crippen LogP contribution < -0.4 is 0 Å². The van der Waals surface area contributed by atoms with Gasteiger partial charge in [-0.25, -0.2) is 0 Å². The van der Waals surface area contributed by atoms with Gasteiger partial charge in [-0.3, -0.25) is 4.79 Å². The molecule has 1 heterocycles. The molecule has 1 aliphatic rings. The summed E-state index contributed by atoms with van der Waals surface area (Å²) in [5.41, 5.74) is -1.99. The molecule has 0 saturated heterocycles. The van der Waals surface area contributed by atoms with E-state index in [-0.39, 0.29) is 16.3 Å². The molecular weight excluding hydrogens is 333 g/mol. The van der Waals surface area contributed by atoms with Crippen LogP contribution in [0, 0.1) is 6.92 Å². The normalized spacial score (nSPS) is 20.5. The van der Waals surface area contributed by atoms with Crippen molar-refractivity contribution in [1.29, 1.82) is 0 Å². The van der Waals surface area contributed by atoms with Crippen molar-refractivity contribution in [3.8, 4) is 0 Å². The fraction of sp³-hybridized carbons (Fsp3) is 0.222. The second kappa shape index (κ2) is 6.00. The van der Waals surface area contributed by atoms with Crippen molar-refractivity contribution in [3.63, 3.8) is 0 Å². The second-order valence-corrected chi connectivity index (χ2v) is 5.89. The van der Waals surface area contributed by atoms with Gasteiger partial charge in [-0.2, -0.15) is 23.3 Å². The van der Waals surface area contributed by atoms with E-state index in [1.165, 1.54) is 24.3 Å². The molecule has 1 aliphatic heterocycles. The number of aliphatic hydroxyl groups is 1. The number of rotatable bonds is 2. The monoisotopic (exact) mass is 348 g/mol. The van der Waals surface area contributed by atoms with Crippen LogP contribution in [0.1, 0.15) is 27.9 Å². The molecule has 2 aromatic carbocycles. The van der Waals surface area contributed by atoms with E-state index in [2.05, 4.69) is 5.10 Å². The van der Waals surface area contributed by atoms with Gasteiger partial charge in [-0.05, 0) is 24.6 Å². The topological polar surface area (TPSA) is 52.9 Å². The van der Waals surface area contributed by atoms with E-state index >= 15 is 0 Å². The highest BCUT2D eigenvalue weighted by Crippen LogP contribution is 2.41. The minimum atomic E-state index is -5.05. The Bertz CT molecular complexity index is 816. The molecule has 0 aromatic heterocycles. The number of hydrogen-bond donors (Lipinski definition) is 1. The summed E-state index contributed by atoms with van der Waals surface area (Å²) in [6.07, 6.45) is -5.87. The molecule has 7 heteroatoms. The third kappa shape index (κ3) is 3.02. The first-order valence-corrected chi connectivity index (χ1v) is 7.55. The molecule has 4 nitrogen and oxygen atoms in total. The van der Waals surface area contributed by atoms with E-state index in [1.54, 1.807) is 30.3 Å². The zero-order valence-corrected chi connectivity index (χ0v) is 13.3. The number of nitrogens with zero attached hydrogens (tertiary/aromatic N) is 2. The van der Waals surface area contributed by atoms with Crippen molar-refractivity contribution in [2.45, 2.75) is 25.2 Å². The predicted octanol–water partition coefficient (Wildman–Crippen LogP) is 3.50. The molecule has 25 heavy (non-hydrogen) atoms. The molecule has 1 N–H and O–H groups in total. The van der Waals surface area contributed by atoms with Gasteiger partial charge < -0.3 is 5.11 Å². The third-order valence-electron chi connectivity index (χ3n) is 4.04. The molecule has 2 aromatic rings. The Morgan fingerprint density at radius 1 is 1.12 bits per heavy atom. The van der Waals surface area contributed by atoms with Gasteiger partial charge in [0.25, 0.3) is 11.6 Å². The lowest BCUT2D eigenvalue weighted by molar-refractivity contribution is -0.297. The van der Waals surface area contributed by atoms with Crippen molar-refractivity contribution in [2.24, 2.45) is 5.10 Å². The van der Waals surface area contributed by atoms with Crippen LogP contribution >= 0.6 is 0 Å². The van der Waals surface area contributed by atoms with Crippen molar-refractivity contribution >= 4 is 11.6 Å². The standard InChI is InChI=1S/C18H15F3N2O2/c1-12-7-9-13(10-8-12)15-11-17(25,18(19,20)21)23(22-15)16(24)14-5-3-2-4-6-14/h2-10,25H,11H2,1H3/t17-/m0/s1. The highest BCUT2D eigenvalue weighted by Gasteiger charge is 2.63. The zero-order valence-electron chi connectivity index (χ0n) is 13.3. The Morgan fingerprint density at radius 3 is 2.28 bits per heavy atom. The molecule has 3 rings (SSSR count). The molecule has 0 unspecified atom stereocenters. The van der Waals surface area contributed by atoms with Gasteiger partial charge >= 0.3 is 6.18 Å². The first kappa shape index (κ1) is 17.2. The largest absolute Gasteiger partial charge is 0.438 e. The van der Waals surface area contributed by atoms with Crippen molar-refractivity contribution < 1.29 is 23.1 Å². The van der Waals surface area contributed by atoms with Gasteiger partial charge in [0.05, 0.1) is 12.1 Å². The van der Waals surface area contributed by atoms with Crippen LogP contribution in [-0.4, -0.2) is 33.6 Å². The fourth-order valence-corrected chi connectivity index (χ4v) is 2.59. The number of benzene rings is 2. The summed E-state index contributed by atoms with van der Waals surface area (Å²) < 4.78 is 40.5. The molecule has 0 spiro atoms. The van der Waals surface area contributed by atoms with Gasteiger partial charge in [0.15, 0.2) is 0 Å². The summed E-state index contributed by atoms with van der Waals surface area (Å²) in [5.74, 6) is -1.01. The van der Waals surface area contributed by atoms with Crippen LogP contribution in [0.4, 0.5) is 13.2 Å². The quantitative estimate of drug-likeness (QED) is 0.903. The second-order valence-electron chi connectivity index (χ2n) is 5.89. The van der Waals surface area contributed by atoms with Crippen LogP contribution in [0.5, 0.6) is 0 Å². The number of hydrazone groups is 1. The number of halogens is 3. The first-order valence-electron chi connectivity index (χ1n) is 7.55. The number of aryl methyl sites for hydroxylation is 1. The summed E-state index contributed by atoms with van der Waals surface area (Å²) in [7, 11) is 0. The van der Waals surface area contributed by atoms with Gasteiger partial charge in [0, 0.05) is 5.56 Å². The van der Waals surface area contributed by atoms with Crippen molar-refractivity contribution in [2.75, 3.05) is 0 Å². The zero-order chi connectivity index (χ0) is 18.2. The highest BCUT2D eigenvalue weighted by molar-refractivity contribution is 6.05. The fourth-order valence-electron chi connectivity index (χ4n) is 2.59. The van der Waals surface area contributed by atoms with Gasteiger partial charge in [-0.15, -0.1) is 0 Å². The number of hydrogen-bond acceptors (Lipinski definition) is 3. The Balaban J connectivity index is 2.04. The van der Waals surface area contributed by atoms with E-state index in [4.69, 9.17) is 0 Å². The van der Waals surface area contributed by atoms with Crippen LogP contribution in [-0.2, 0) is 0 Å². The maximum atomic E-state index is 13.5. The number of carbonyl (C=O) groups excluding carboxylic acids is 1. The van der Waals surface area contributed by atoms with E-state index < -0.39 is 24.2 Å². The lowest BCUT2D eigenvalue weighted by Crippen LogP contribution is -2.56. The van der Waals surface area contributed by atoms with E-state index in [0.29, 0.717) is 5.56 Å². The summed E-state index contributed by atoms with van der Waals surface area (Å²) >= 11 is 0. The number of alkyl halides is 3. The summed E-state index contributed by atoms with van der Waals surface area (Å²) in [4.78, 5) is 12.5. The first-order chi connectivity index (χ1) is 11.7. The van der Waals surface area contributed by atoms with Crippen LogP contribution in [0.3, 0.4) is 0 Å². The highest BCUT2D eigenvalue weighted by atomic mass is 19.4. The summed E-state index contributed by atoms with van der Waals surface area (Å²) in [6, 6.07) is 14.1. The predicted molar refractivity (Wildman–Crippen MR) is 85.9 cm³/mol. The Labute approximate surface area is 142 Å². The van der Waals surface area contributed by atoms with Gasteiger partial charge in [-0.1, -0.05) is 48.0 Å². The summed E-state index contributed by atoms with van der Waals surface area (Å²) in [5, 5.41) is 14.2. The smallest absolute Gasteiger partial charge is 0.362 e. The van der Waals surface area contributed by atoms with E-state index in [0.717, 1.165) is 5.56 Å². The van der Waals surface area contributed by atoms with Gasteiger partial charge in [0.1, 0.15) is 0 Å². The van der Waals surface area contributed by atoms with E-state index in [9.17, 15) is 23.1 Å². The molecule has 1 atom stereocenters. The molecule has 130 valence electrons. The van der Waals surface area contributed by atoms with E-state index in [1.807, 2.05) is 6.92 Å². The van der Waals surface area contributed by atoms with Crippen molar-refractivity contribution in [1.82, 2.24) is 5.01 Å². The lowest BCUT2D eigenvalue weighted by Gasteiger charge is -2.32. The lowest BCUT2D eigenvalue weighted by atomic mass is 10.00. The van der Waals surface area contributed by atoms with Crippen LogP contribution in [0.15, 0.2) is 59.7 Å². The summed E-state index contributed by atoms with van der Waals surface area (Å²) in [6.45, 7) is 1.84. The molecule has 0 fully saturated rings. The van der Waals surface area contributed by atoms with Crippen LogP contribution in [0.25, 0.3) is 0 Å².